The second-order valence-electron chi connectivity index (χ2n) is 2.67. The molecule has 3 nitrogen and oxygen atoms in total. The molecule has 1 N–H and O–H groups in total. The van der Waals surface area contributed by atoms with Gasteiger partial charge in [-0.2, -0.15) is 4.39 Å². The molecule has 1 heterocycles. The molecule has 0 saturated carbocycles. The van der Waals surface area contributed by atoms with Gasteiger partial charge in [0.1, 0.15) is 5.82 Å². The summed E-state index contributed by atoms with van der Waals surface area (Å²) in [5.41, 5.74) is -2.06. The average molecular weight is 223 g/mol. The predicted octanol–water partition coefficient (Wildman–Crippen LogP) is 1.92. The van der Waals surface area contributed by atoms with Gasteiger partial charge in [-0.05, 0) is 0 Å². The van der Waals surface area contributed by atoms with Crippen LogP contribution in [0, 0.1) is 11.8 Å². The first-order valence-corrected chi connectivity index (χ1v) is 3.76. The summed E-state index contributed by atoms with van der Waals surface area (Å²) < 4.78 is 50.2. The van der Waals surface area contributed by atoms with Gasteiger partial charge in [-0.1, -0.05) is 0 Å². The molecule has 0 unspecified atom stereocenters. The molecule has 15 heavy (non-hydrogen) atoms. The van der Waals surface area contributed by atoms with Gasteiger partial charge < -0.3 is 5.11 Å². The van der Waals surface area contributed by atoms with Gasteiger partial charge in [-0.15, -0.1) is 0 Å². The van der Waals surface area contributed by atoms with Crippen molar-refractivity contribution in [2.24, 2.45) is 0 Å². The Kier molecular flexibility index (Phi) is 3.23. The van der Waals surface area contributed by atoms with E-state index in [0.717, 1.165) is 0 Å². The lowest BCUT2D eigenvalue weighted by Gasteiger charge is -2.06. The van der Waals surface area contributed by atoms with Crippen molar-refractivity contribution in [1.29, 1.82) is 0 Å². The highest BCUT2D eigenvalue weighted by atomic mass is 19.3. The average Bonchev–Trinajstić information content (AvgIpc) is 2.11. The number of aromatic nitrogens is 1. The molecule has 0 aliphatic carbocycles. The molecular weight excluding hydrogens is 218 g/mol. The fourth-order valence-electron chi connectivity index (χ4n) is 0.979. The van der Waals surface area contributed by atoms with E-state index in [-0.39, 0.29) is 0 Å². The first kappa shape index (κ1) is 11.4. The Labute approximate surface area is 81.4 Å². The van der Waals surface area contributed by atoms with Crippen LogP contribution in [0.15, 0.2) is 6.20 Å². The summed E-state index contributed by atoms with van der Waals surface area (Å²) in [4.78, 5) is 13.1. The molecule has 0 bridgehead atoms. The normalized spacial score (nSPS) is 10.7. The second-order valence-corrected chi connectivity index (χ2v) is 2.67. The van der Waals surface area contributed by atoms with Crippen molar-refractivity contribution >= 4 is 5.97 Å². The second kappa shape index (κ2) is 4.24. The maximum Gasteiger partial charge on any atom is 0.308 e. The molecule has 1 aromatic heterocycles. The number of rotatable bonds is 3. The Morgan fingerprint density at radius 3 is 2.53 bits per heavy atom. The van der Waals surface area contributed by atoms with Crippen LogP contribution in [0.5, 0.6) is 0 Å². The summed E-state index contributed by atoms with van der Waals surface area (Å²) in [5, 5.41) is 8.30. The maximum absolute atomic E-state index is 13.1. The quantitative estimate of drug-likeness (QED) is 0.629. The van der Waals surface area contributed by atoms with Gasteiger partial charge >= 0.3 is 5.97 Å². The Hall–Kier alpha value is -1.66. The minimum atomic E-state index is -3.16. The molecular formula is C8H5F4NO2. The predicted molar refractivity (Wildman–Crippen MR) is 40.4 cm³/mol. The Balaban J connectivity index is 3.23. The number of carbonyl (C=O) groups is 1. The van der Waals surface area contributed by atoms with Crippen molar-refractivity contribution in [3.8, 4) is 0 Å². The van der Waals surface area contributed by atoms with E-state index < -0.39 is 41.7 Å². The molecule has 0 aliphatic heterocycles. The van der Waals surface area contributed by atoms with Gasteiger partial charge in [0.2, 0.25) is 5.95 Å². The largest absolute Gasteiger partial charge is 0.481 e. The highest BCUT2D eigenvalue weighted by Crippen LogP contribution is 2.24. The van der Waals surface area contributed by atoms with Crippen LogP contribution in [0.4, 0.5) is 17.6 Å². The fourth-order valence-corrected chi connectivity index (χ4v) is 0.979. The standard InChI is InChI=1S/C8H5F4NO2/c9-6-3(1-5(14)15)8(12)13-2-4(6)7(10)11/h2,7H,1H2,(H,14,15). The summed E-state index contributed by atoms with van der Waals surface area (Å²) in [6, 6.07) is 0. The zero-order valence-electron chi connectivity index (χ0n) is 7.18. The van der Waals surface area contributed by atoms with Crippen LogP contribution in [0.1, 0.15) is 17.6 Å². The third-order valence-corrected chi connectivity index (χ3v) is 1.65. The van der Waals surface area contributed by atoms with Crippen molar-refractivity contribution in [3.63, 3.8) is 0 Å². The van der Waals surface area contributed by atoms with E-state index in [0.29, 0.717) is 6.20 Å². The molecule has 1 aromatic rings. The van der Waals surface area contributed by atoms with Gasteiger partial charge in [-0.25, -0.2) is 18.2 Å². The van der Waals surface area contributed by atoms with Crippen LogP contribution in [-0.2, 0) is 11.2 Å². The smallest absolute Gasteiger partial charge is 0.308 e. The minimum Gasteiger partial charge on any atom is -0.481 e. The number of carboxylic acids is 1. The summed E-state index contributed by atoms with van der Waals surface area (Å²) in [5.74, 6) is -4.47. The van der Waals surface area contributed by atoms with Crippen molar-refractivity contribution in [2.75, 3.05) is 0 Å². The topological polar surface area (TPSA) is 50.2 Å². The third kappa shape index (κ3) is 2.42. The van der Waals surface area contributed by atoms with Crippen LogP contribution >= 0.6 is 0 Å². The number of hydrogen-bond acceptors (Lipinski definition) is 2. The first-order valence-electron chi connectivity index (χ1n) is 3.76. The van der Waals surface area contributed by atoms with Gasteiger partial charge in [0.25, 0.3) is 6.43 Å². The number of hydrogen-bond donors (Lipinski definition) is 1. The molecule has 0 aromatic carbocycles. The van der Waals surface area contributed by atoms with E-state index in [1.54, 1.807) is 0 Å². The maximum atomic E-state index is 13.1. The van der Waals surface area contributed by atoms with Gasteiger partial charge in [0, 0.05) is 6.20 Å². The SMILES string of the molecule is O=C(O)Cc1c(F)ncc(C(F)F)c1F. The van der Waals surface area contributed by atoms with Crippen molar-refractivity contribution in [2.45, 2.75) is 12.8 Å². The zero-order chi connectivity index (χ0) is 11.6. The molecule has 0 fully saturated rings. The highest BCUT2D eigenvalue weighted by Gasteiger charge is 2.22. The van der Waals surface area contributed by atoms with E-state index in [2.05, 4.69) is 4.98 Å². The molecule has 0 atom stereocenters. The molecule has 0 amide bonds. The van der Waals surface area contributed by atoms with Crippen LogP contribution in [-0.4, -0.2) is 16.1 Å². The van der Waals surface area contributed by atoms with Crippen molar-refractivity contribution in [3.05, 3.63) is 29.1 Å². The third-order valence-electron chi connectivity index (χ3n) is 1.65. The lowest BCUT2D eigenvalue weighted by atomic mass is 10.1. The summed E-state index contributed by atoms with van der Waals surface area (Å²) in [6.45, 7) is 0. The van der Waals surface area contributed by atoms with Crippen LogP contribution < -0.4 is 0 Å². The van der Waals surface area contributed by atoms with E-state index in [4.69, 9.17) is 5.11 Å². The summed E-state index contributed by atoms with van der Waals surface area (Å²) in [6.07, 6.45) is -3.84. The molecule has 1 rings (SSSR count). The van der Waals surface area contributed by atoms with Gasteiger partial charge in [-0.3, -0.25) is 4.79 Å². The number of pyridine rings is 1. The zero-order valence-corrected chi connectivity index (χ0v) is 7.18. The number of halogens is 4. The number of carboxylic acid groups (broad SMARTS) is 1. The van der Waals surface area contributed by atoms with Gasteiger partial charge in [0.05, 0.1) is 17.5 Å². The van der Waals surface area contributed by atoms with E-state index >= 15 is 0 Å². The molecule has 0 aliphatic rings. The Morgan fingerprint density at radius 2 is 2.07 bits per heavy atom. The van der Waals surface area contributed by atoms with Crippen molar-refractivity contribution < 1.29 is 27.5 Å². The Morgan fingerprint density at radius 1 is 1.47 bits per heavy atom. The summed E-state index contributed by atoms with van der Waals surface area (Å²) in [7, 11) is 0. The monoisotopic (exact) mass is 223 g/mol. The van der Waals surface area contributed by atoms with Crippen LogP contribution in [0.25, 0.3) is 0 Å². The summed E-state index contributed by atoms with van der Waals surface area (Å²) >= 11 is 0. The molecule has 82 valence electrons. The molecule has 0 saturated heterocycles. The van der Waals surface area contributed by atoms with Crippen molar-refractivity contribution in [1.82, 2.24) is 4.98 Å². The van der Waals surface area contributed by atoms with E-state index in [1.165, 1.54) is 0 Å². The molecule has 0 radical (unpaired) electrons. The highest BCUT2D eigenvalue weighted by molar-refractivity contribution is 5.70. The van der Waals surface area contributed by atoms with E-state index in [9.17, 15) is 22.4 Å². The van der Waals surface area contributed by atoms with Gasteiger partial charge in [0.15, 0.2) is 0 Å². The first-order chi connectivity index (χ1) is 6.93. The number of alkyl halides is 2. The molecule has 7 heteroatoms. The van der Waals surface area contributed by atoms with E-state index in [1.807, 2.05) is 0 Å². The van der Waals surface area contributed by atoms with Crippen LogP contribution in [0.3, 0.4) is 0 Å². The number of aliphatic carboxylic acids is 1. The lowest BCUT2D eigenvalue weighted by Crippen LogP contribution is -2.09. The lowest BCUT2D eigenvalue weighted by molar-refractivity contribution is -0.136. The molecule has 0 spiro atoms. The minimum absolute atomic E-state index is 0.348. The fraction of sp³-hybridized carbons (Fsp3) is 0.250. The Bertz CT molecular complexity index is 394. The van der Waals surface area contributed by atoms with Crippen LogP contribution in [0.2, 0.25) is 0 Å². The number of nitrogens with zero attached hydrogens (tertiary/aromatic N) is 1.